The Balaban J connectivity index is 1.45. The SMILES string of the molecule is CC(=O)NCc1cc2n(n1)CCN(CCCC1CCCC1)C2. The topological polar surface area (TPSA) is 50.2 Å². The Morgan fingerprint density at radius 2 is 2.18 bits per heavy atom. The molecule has 0 bridgehead atoms. The number of rotatable bonds is 6. The van der Waals surface area contributed by atoms with E-state index in [9.17, 15) is 4.79 Å². The first kappa shape index (κ1) is 15.5. The summed E-state index contributed by atoms with van der Waals surface area (Å²) in [6.45, 7) is 6.36. The van der Waals surface area contributed by atoms with Gasteiger partial charge < -0.3 is 5.32 Å². The zero-order chi connectivity index (χ0) is 15.4. The van der Waals surface area contributed by atoms with Crippen LogP contribution < -0.4 is 5.32 Å². The molecule has 0 aromatic carbocycles. The van der Waals surface area contributed by atoms with E-state index >= 15 is 0 Å². The van der Waals surface area contributed by atoms with Crippen LogP contribution in [0.5, 0.6) is 0 Å². The molecule has 1 aliphatic carbocycles. The fourth-order valence-corrected chi connectivity index (χ4v) is 3.78. The summed E-state index contributed by atoms with van der Waals surface area (Å²) >= 11 is 0. The van der Waals surface area contributed by atoms with Gasteiger partial charge in [-0.3, -0.25) is 14.4 Å². The Morgan fingerprint density at radius 3 is 2.95 bits per heavy atom. The number of hydrogen-bond acceptors (Lipinski definition) is 3. The number of hydrogen-bond donors (Lipinski definition) is 1. The van der Waals surface area contributed by atoms with Crippen molar-refractivity contribution in [2.45, 2.75) is 65.1 Å². The highest BCUT2D eigenvalue weighted by Gasteiger charge is 2.19. The standard InChI is InChI=1S/C17H28N4O/c1-14(22)18-12-16-11-17-13-20(9-10-21(17)19-16)8-4-7-15-5-2-3-6-15/h11,15H,2-10,12-13H2,1H3,(H,18,22). The Bertz CT molecular complexity index is 505. The number of nitrogens with one attached hydrogen (secondary N) is 1. The van der Waals surface area contributed by atoms with Crippen molar-refractivity contribution in [3.63, 3.8) is 0 Å². The van der Waals surface area contributed by atoms with Gasteiger partial charge in [-0.25, -0.2) is 0 Å². The minimum atomic E-state index is -0.000453. The summed E-state index contributed by atoms with van der Waals surface area (Å²) in [5, 5.41) is 7.40. The molecule has 1 N–H and O–H groups in total. The second kappa shape index (κ2) is 7.27. The van der Waals surface area contributed by atoms with Crippen molar-refractivity contribution in [2.24, 2.45) is 5.92 Å². The molecule has 122 valence electrons. The van der Waals surface area contributed by atoms with Gasteiger partial charge in [0.05, 0.1) is 24.5 Å². The molecule has 1 aliphatic heterocycles. The normalized spacial score (nSPS) is 19.3. The summed E-state index contributed by atoms with van der Waals surface area (Å²) in [6.07, 6.45) is 8.55. The molecule has 0 radical (unpaired) electrons. The molecule has 5 nitrogen and oxygen atoms in total. The van der Waals surface area contributed by atoms with Crippen LogP contribution in [0.2, 0.25) is 0 Å². The molecule has 2 aliphatic rings. The molecule has 1 aromatic heterocycles. The lowest BCUT2D eigenvalue weighted by molar-refractivity contribution is -0.119. The maximum absolute atomic E-state index is 11.0. The van der Waals surface area contributed by atoms with Gasteiger partial charge in [0.25, 0.3) is 0 Å². The predicted octanol–water partition coefficient (Wildman–Crippen LogP) is 2.31. The molecule has 1 saturated carbocycles. The van der Waals surface area contributed by atoms with Crippen LogP contribution in [0, 0.1) is 5.92 Å². The average molecular weight is 304 g/mol. The summed E-state index contributed by atoms with van der Waals surface area (Å²) in [6, 6.07) is 2.14. The maximum Gasteiger partial charge on any atom is 0.217 e. The molecule has 1 amide bonds. The van der Waals surface area contributed by atoms with Crippen LogP contribution in [0.15, 0.2) is 6.07 Å². The van der Waals surface area contributed by atoms with Crippen molar-refractivity contribution in [1.82, 2.24) is 20.0 Å². The Morgan fingerprint density at radius 1 is 1.36 bits per heavy atom. The van der Waals surface area contributed by atoms with Crippen LogP contribution in [0.4, 0.5) is 0 Å². The van der Waals surface area contributed by atoms with Crippen LogP contribution in [-0.4, -0.2) is 33.7 Å². The molecule has 3 rings (SSSR count). The molecule has 0 saturated heterocycles. The van der Waals surface area contributed by atoms with Crippen molar-refractivity contribution in [2.75, 3.05) is 13.1 Å². The molecule has 1 fully saturated rings. The van der Waals surface area contributed by atoms with Crippen LogP contribution in [0.3, 0.4) is 0 Å². The van der Waals surface area contributed by atoms with E-state index in [0.717, 1.165) is 31.2 Å². The first-order valence-corrected chi connectivity index (χ1v) is 8.73. The lowest BCUT2D eigenvalue weighted by atomic mass is 10.0. The van der Waals surface area contributed by atoms with Gasteiger partial charge >= 0.3 is 0 Å². The van der Waals surface area contributed by atoms with Crippen molar-refractivity contribution >= 4 is 5.91 Å². The second-order valence-electron chi connectivity index (χ2n) is 6.83. The summed E-state index contributed by atoms with van der Waals surface area (Å²) < 4.78 is 2.10. The quantitative estimate of drug-likeness (QED) is 0.877. The van der Waals surface area contributed by atoms with Gasteiger partial charge in [-0.15, -0.1) is 0 Å². The van der Waals surface area contributed by atoms with Crippen LogP contribution in [-0.2, 0) is 24.4 Å². The lowest BCUT2D eigenvalue weighted by Crippen LogP contribution is -2.34. The van der Waals surface area contributed by atoms with E-state index in [2.05, 4.69) is 26.1 Å². The van der Waals surface area contributed by atoms with Gasteiger partial charge in [-0.05, 0) is 31.4 Å². The van der Waals surface area contributed by atoms with E-state index in [0.29, 0.717) is 6.54 Å². The fraction of sp³-hybridized carbons (Fsp3) is 0.765. The number of aromatic nitrogens is 2. The van der Waals surface area contributed by atoms with Crippen molar-refractivity contribution < 1.29 is 4.79 Å². The Hall–Kier alpha value is -1.36. The molecule has 0 spiro atoms. The van der Waals surface area contributed by atoms with Crippen molar-refractivity contribution in [3.05, 3.63) is 17.5 Å². The number of carbonyl (C=O) groups excluding carboxylic acids is 1. The molecule has 2 heterocycles. The van der Waals surface area contributed by atoms with E-state index < -0.39 is 0 Å². The number of carbonyl (C=O) groups is 1. The zero-order valence-corrected chi connectivity index (χ0v) is 13.7. The molecule has 5 heteroatoms. The maximum atomic E-state index is 11.0. The average Bonchev–Trinajstić information content (AvgIpc) is 3.13. The lowest BCUT2D eigenvalue weighted by Gasteiger charge is -2.27. The Kier molecular flexibility index (Phi) is 5.13. The third-order valence-corrected chi connectivity index (χ3v) is 5.01. The smallest absolute Gasteiger partial charge is 0.217 e. The van der Waals surface area contributed by atoms with Crippen molar-refractivity contribution in [1.29, 1.82) is 0 Å². The third kappa shape index (κ3) is 4.09. The Labute approximate surface area is 133 Å². The van der Waals surface area contributed by atoms with Crippen molar-refractivity contribution in [3.8, 4) is 0 Å². The van der Waals surface area contributed by atoms with E-state index in [1.165, 1.54) is 50.8 Å². The minimum absolute atomic E-state index is 0.000453. The van der Waals surface area contributed by atoms with Gasteiger partial charge in [-0.1, -0.05) is 25.7 Å². The molecular formula is C17H28N4O. The monoisotopic (exact) mass is 304 g/mol. The summed E-state index contributed by atoms with van der Waals surface area (Å²) in [4.78, 5) is 13.5. The highest BCUT2D eigenvalue weighted by atomic mass is 16.1. The van der Waals surface area contributed by atoms with Crippen LogP contribution in [0.1, 0.15) is 56.8 Å². The summed E-state index contributed by atoms with van der Waals surface area (Å²) in [7, 11) is 0. The summed E-state index contributed by atoms with van der Waals surface area (Å²) in [5.41, 5.74) is 2.26. The summed E-state index contributed by atoms with van der Waals surface area (Å²) in [5.74, 6) is 0.999. The van der Waals surface area contributed by atoms with Gasteiger partial charge in [0, 0.05) is 20.0 Å². The third-order valence-electron chi connectivity index (χ3n) is 5.01. The largest absolute Gasteiger partial charge is 0.351 e. The first-order valence-electron chi connectivity index (χ1n) is 8.73. The second-order valence-corrected chi connectivity index (χ2v) is 6.83. The van der Waals surface area contributed by atoms with Gasteiger partial charge in [-0.2, -0.15) is 5.10 Å². The highest BCUT2D eigenvalue weighted by Crippen LogP contribution is 2.28. The van der Waals surface area contributed by atoms with Gasteiger partial charge in [0.1, 0.15) is 0 Å². The molecule has 22 heavy (non-hydrogen) atoms. The van der Waals surface area contributed by atoms with E-state index in [1.54, 1.807) is 6.92 Å². The molecule has 0 unspecified atom stereocenters. The van der Waals surface area contributed by atoms with E-state index in [-0.39, 0.29) is 5.91 Å². The van der Waals surface area contributed by atoms with Crippen LogP contribution in [0.25, 0.3) is 0 Å². The van der Waals surface area contributed by atoms with Gasteiger partial charge in [0.2, 0.25) is 5.91 Å². The number of amides is 1. The zero-order valence-electron chi connectivity index (χ0n) is 13.7. The van der Waals surface area contributed by atoms with Crippen LogP contribution >= 0.6 is 0 Å². The first-order chi connectivity index (χ1) is 10.7. The number of fused-ring (bicyclic) bond motifs is 1. The fourth-order valence-electron chi connectivity index (χ4n) is 3.78. The minimum Gasteiger partial charge on any atom is -0.351 e. The predicted molar refractivity (Wildman–Crippen MR) is 86.2 cm³/mol. The van der Waals surface area contributed by atoms with Gasteiger partial charge in [0.15, 0.2) is 0 Å². The number of nitrogens with zero attached hydrogens (tertiary/aromatic N) is 3. The van der Waals surface area contributed by atoms with E-state index in [1.807, 2.05) is 0 Å². The highest BCUT2D eigenvalue weighted by molar-refractivity contribution is 5.72. The molecule has 1 aromatic rings. The molecule has 0 atom stereocenters. The molecular weight excluding hydrogens is 276 g/mol. The van der Waals surface area contributed by atoms with E-state index in [4.69, 9.17) is 0 Å².